The van der Waals surface area contributed by atoms with Gasteiger partial charge in [0.15, 0.2) is 10.7 Å². The molecule has 3 rings (SSSR count). The van der Waals surface area contributed by atoms with Crippen molar-refractivity contribution in [1.82, 2.24) is 19.5 Å². The average Bonchev–Trinajstić information content (AvgIpc) is 2.98. The highest BCUT2D eigenvalue weighted by molar-refractivity contribution is 7.89. The van der Waals surface area contributed by atoms with Crippen LogP contribution in [0.3, 0.4) is 0 Å². The van der Waals surface area contributed by atoms with Gasteiger partial charge in [0.05, 0.1) is 10.6 Å². The smallest absolute Gasteiger partial charge is 0.258 e. The summed E-state index contributed by atoms with van der Waals surface area (Å²) in [4.78, 5) is 14.2. The third-order valence-corrected chi connectivity index (χ3v) is 5.59. The summed E-state index contributed by atoms with van der Waals surface area (Å²) in [6.07, 6.45) is 1.52. The SMILES string of the molecule is Cc1cc(C)n(-c2ccc(CNS(=O)(=O)c3ccc(Cl)cc3[N+](=O)[O-])cn2)n1. The van der Waals surface area contributed by atoms with Crippen molar-refractivity contribution in [1.29, 1.82) is 0 Å². The van der Waals surface area contributed by atoms with E-state index in [9.17, 15) is 18.5 Å². The van der Waals surface area contributed by atoms with E-state index in [4.69, 9.17) is 11.6 Å². The monoisotopic (exact) mass is 421 g/mol. The first-order valence-electron chi connectivity index (χ1n) is 8.09. The van der Waals surface area contributed by atoms with E-state index < -0.39 is 25.5 Å². The lowest BCUT2D eigenvalue weighted by molar-refractivity contribution is -0.387. The Hall–Kier alpha value is -2.82. The van der Waals surface area contributed by atoms with Gasteiger partial charge in [-0.1, -0.05) is 17.7 Å². The molecule has 0 fully saturated rings. The zero-order chi connectivity index (χ0) is 20.5. The predicted octanol–water partition coefficient (Wildman–Crippen LogP) is 2.92. The Labute approximate surface area is 166 Å². The molecule has 0 spiro atoms. The van der Waals surface area contributed by atoms with E-state index >= 15 is 0 Å². The van der Waals surface area contributed by atoms with Crippen molar-refractivity contribution in [3.05, 3.63) is 74.7 Å². The lowest BCUT2D eigenvalue weighted by atomic mass is 10.3. The van der Waals surface area contributed by atoms with Gasteiger partial charge in [-0.15, -0.1) is 0 Å². The van der Waals surface area contributed by atoms with Gasteiger partial charge < -0.3 is 0 Å². The van der Waals surface area contributed by atoms with Crippen molar-refractivity contribution in [3.8, 4) is 5.82 Å². The lowest BCUT2D eigenvalue weighted by Crippen LogP contribution is -2.24. The summed E-state index contributed by atoms with van der Waals surface area (Å²) in [6, 6.07) is 8.73. The summed E-state index contributed by atoms with van der Waals surface area (Å²) in [7, 11) is -4.11. The van der Waals surface area contributed by atoms with Crippen LogP contribution in [0.4, 0.5) is 5.69 Å². The van der Waals surface area contributed by atoms with Gasteiger partial charge in [0.25, 0.3) is 5.69 Å². The molecule has 0 atom stereocenters. The molecule has 28 heavy (non-hydrogen) atoms. The Balaban J connectivity index is 1.78. The molecule has 1 N–H and O–H groups in total. The first kappa shape index (κ1) is 19.9. The van der Waals surface area contributed by atoms with Gasteiger partial charge in [0.1, 0.15) is 0 Å². The number of pyridine rings is 1. The number of benzene rings is 1. The predicted molar refractivity (Wildman–Crippen MR) is 103 cm³/mol. The maximum Gasteiger partial charge on any atom is 0.290 e. The Morgan fingerprint density at radius 3 is 2.54 bits per heavy atom. The van der Waals surface area contributed by atoms with Gasteiger partial charge in [-0.05, 0) is 43.7 Å². The van der Waals surface area contributed by atoms with E-state index in [1.54, 1.807) is 16.8 Å². The number of nitro benzene ring substituents is 1. The molecule has 1 aromatic carbocycles. The molecule has 11 heteroatoms. The Morgan fingerprint density at radius 2 is 1.96 bits per heavy atom. The molecule has 0 saturated carbocycles. The Kier molecular flexibility index (Phi) is 5.45. The lowest BCUT2D eigenvalue weighted by Gasteiger charge is -2.08. The molecular formula is C17H16ClN5O4S. The van der Waals surface area contributed by atoms with Gasteiger partial charge in [-0.2, -0.15) is 5.10 Å². The van der Waals surface area contributed by atoms with Crippen molar-refractivity contribution in [2.24, 2.45) is 0 Å². The van der Waals surface area contributed by atoms with Crippen LogP contribution in [0.1, 0.15) is 17.0 Å². The third-order valence-electron chi connectivity index (χ3n) is 3.91. The van der Waals surface area contributed by atoms with Crippen LogP contribution in [0.15, 0.2) is 47.5 Å². The maximum atomic E-state index is 12.5. The normalized spacial score (nSPS) is 11.5. The number of rotatable bonds is 6. The average molecular weight is 422 g/mol. The van der Waals surface area contributed by atoms with Crippen LogP contribution in [-0.2, 0) is 16.6 Å². The number of nitro groups is 1. The number of hydrogen-bond donors (Lipinski definition) is 1. The van der Waals surface area contributed by atoms with Crippen LogP contribution in [0.25, 0.3) is 5.82 Å². The van der Waals surface area contributed by atoms with Gasteiger partial charge >= 0.3 is 0 Å². The fourth-order valence-corrected chi connectivity index (χ4v) is 3.96. The Morgan fingerprint density at radius 1 is 1.21 bits per heavy atom. The van der Waals surface area contributed by atoms with Crippen molar-refractivity contribution >= 4 is 27.3 Å². The molecular weight excluding hydrogens is 406 g/mol. The standard InChI is InChI=1S/C17H16ClN5O4S/c1-11-7-12(2)22(21-11)17-6-3-13(9-19-17)10-20-28(26,27)16-5-4-14(18)8-15(16)23(24)25/h3-9,20H,10H2,1-2H3. The van der Waals surface area contributed by atoms with Crippen LogP contribution >= 0.6 is 11.6 Å². The van der Waals surface area contributed by atoms with Crippen molar-refractivity contribution in [2.75, 3.05) is 0 Å². The topological polar surface area (TPSA) is 120 Å². The minimum Gasteiger partial charge on any atom is -0.258 e. The first-order valence-corrected chi connectivity index (χ1v) is 9.95. The number of halogens is 1. The first-order chi connectivity index (χ1) is 13.2. The van der Waals surface area contributed by atoms with Gasteiger partial charge in [0.2, 0.25) is 10.0 Å². The fourth-order valence-electron chi connectivity index (χ4n) is 2.62. The maximum absolute atomic E-state index is 12.5. The zero-order valence-electron chi connectivity index (χ0n) is 15.0. The van der Waals surface area contributed by atoms with Gasteiger partial charge in [-0.3, -0.25) is 10.1 Å². The van der Waals surface area contributed by atoms with E-state index in [0.717, 1.165) is 23.5 Å². The van der Waals surface area contributed by atoms with Gasteiger partial charge in [-0.25, -0.2) is 22.8 Å². The minimum atomic E-state index is -4.11. The zero-order valence-corrected chi connectivity index (χ0v) is 16.5. The van der Waals surface area contributed by atoms with E-state index in [0.29, 0.717) is 11.4 Å². The van der Waals surface area contributed by atoms with Crippen LogP contribution in [-0.4, -0.2) is 28.1 Å². The van der Waals surface area contributed by atoms with Crippen LogP contribution < -0.4 is 4.72 Å². The summed E-state index contributed by atoms with van der Waals surface area (Å²) >= 11 is 5.73. The summed E-state index contributed by atoms with van der Waals surface area (Å²) in [5.74, 6) is 0.602. The number of nitrogens with one attached hydrogen (secondary N) is 1. The highest BCUT2D eigenvalue weighted by Crippen LogP contribution is 2.27. The molecule has 0 amide bonds. The summed E-state index contributed by atoms with van der Waals surface area (Å²) < 4.78 is 29.0. The second kappa shape index (κ2) is 7.66. The largest absolute Gasteiger partial charge is 0.290 e. The summed E-state index contributed by atoms with van der Waals surface area (Å²) in [6.45, 7) is 3.71. The van der Waals surface area contributed by atoms with Crippen LogP contribution in [0.2, 0.25) is 5.02 Å². The molecule has 0 aliphatic heterocycles. The van der Waals surface area contributed by atoms with Gasteiger partial charge in [0, 0.05) is 29.5 Å². The van der Waals surface area contributed by atoms with Crippen LogP contribution in [0.5, 0.6) is 0 Å². The summed E-state index contributed by atoms with van der Waals surface area (Å²) in [5.41, 5.74) is 1.79. The third kappa shape index (κ3) is 4.19. The molecule has 0 aliphatic carbocycles. The molecule has 3 aromatic rings. The number of nitrogens with zero attached hydrogens (tertiary/aromatic N) is 4. The molecule has 0 saturated heterocycles. The number of aryl methyl sites for hydroxylation is 2. The molecule has 146 valence electrons. The molecule has 2 aromatic heterocycles. The number of hydrogen-bond acceptors (Lipinski definition) is 6. The summed E-state index contributed by atoms with van der Waals surface area (Å²) in [5, 5.41) is 15.5. The minimum absolute atomic E-state index is 0.0769. The fraction of sp³-hybridized carbons (Fsp3) is 0.176. The molecule has 0 radical (unpaired) electrons. The highest BCUT2D eigenvalue weighted by Gasteiger charge is 2.25. The van der Waals surface area contributed by atoms with E-state index in [-0.39, 0.29) is 11.6 Å². The molecule has 2 heterocycles. The quantitative estimate of drug-likeness (QED) is 0.482. The molecule has 0 bridgehead atoms. The van der Waals surface area contributed by atoms with Crippen LogP contribution in [0, 0.1) is 24.0 Å². The van der Waals surface area contributed by atoms with Crippen molar-refractivity contribution in [2.45, 2.75) is 25.3 Å². The van der Waals surface area contributed by atoms with Crippen molar-refractivity contribution in [3.63, 3.8) is 0 Å². The number of aromatic nitrogens is 3. The molecule has 0 unspecified atom stereocenters. The van der Waals surface area contributed by atoms with E-state index in [1.807, 2.05) is 19.9 Å². The van der Waals surface area contributed by atoms with E-state index in [2.05, 4.69) is 14.8 Å². The molecule has 9 nitrogen and oxygen atoms in total. The number of sulfonamides is 1. The molecule has 0 aliphatic rings. The highest BCUT2D eigenvalue weighted by atomic mass is 35.5. The Bertz CT molecular complexity index is 1140. The van der Waals surface area contributed by atoms with E-state index in [1.165, 1.54) is 12.3 Å². The second-order valence-electron chi connectivity index (χ2n) is 6.06. The second-order valence-corrected chi connectivity index (χ2v) is 8.23. The van der Waals surface area contributed by atoms with Crippen molar-refractivity contribution < 1.29 is 13.3 Å².